The Bertz CT molecular complexity index is 571. The Morgan fingerprint density at radius 2 is 2.29 bits per heavy atom. The molecule has 0 amide bonds. The molecular formula is C12H10BrN3O. The molecule has 0 aliphatic rings. The van der Waals surface area contributed by atoms with Gasteiger partial charge in [-0.05, 0) is 24.3 Å². The number of aryl methyl sites for hydroxylation is 1. The molecule has 0 saturated carbocycles. The normalized spacial score (nSPS) is 9.94. The molecule has 1 heterocycles. The highest BCUT2D eigenvalue weighted by atomic mass is 79.9. The fourth-order valence-electron chi connectivity index (χ4n) is 1.41. The van der Waals surface area contributed by atoms with E-state index in [0.29, 0.717) is 17.9 Å². The lowest BCUT2D eigenvalue weighted by Crippen LogP contribution is -1.99. The topological polar surface area (TPSA) is 50.8 Å². The van der Waals surface area contributed by atoms with E-state index < -0.39 is 0 Å². The molecule has 1 aromatic heterocycles. The summed E-state index contributed by atoms with van der Waals surface area (Å²) in [4.78, 5) is 0. The molecule has 0 atom stereocenters. The van der Waals surface area contributed by atoms with Crippen molar-refractivity contribution in [1.29, 1.82) is 5.26 Å². The lowest BCUT2D eigenvalue weighted by atomic mass is 10.2. The summed E-state index contributed by atoms with van der Waals surface area (Å²) in [6.07, 6.45) is 1.85. The van der Waals surface area contributed by atoms with Crippen molar-refractivity contribution in [3.05, 3.63) is 46.2 Å². The van der Waals surface area contributed by atoms with Crippen LogP contribution in [0.25, 0.3) is 0 Å². The predicted octanol–water partition coefficient (Wildman–Crippen LogP) is 2.63. The number of aromatic nitrogens is 2. The Morgan fingerprint density at radius 1 is 1.47 bits per heavy atom. The molecule has 2 rings (SSSR count). The maximum atomic E-state index is 8.97. The zero-order valence-corrected chi connectivity index (χ0v) is 10.8. The number of halogens is 1. The molecule has 0 bridgehead atoms. The highest BCUT2D eigenvalue weighted by molar-refractivity contribution is 9.10. The molecule has 0 saturated heterocycles. The minimum Gasteiger partial charge on any atom is -0.486 e. The third-order valence-corrected chi connectivity index (χ3v) is 2.70. The molecule has 0 fully saturated rings. The van der Waals surface area contributed by atoms with Gasteiger partial charge in [-0.15, -0.1) is 0 Å². The fraction of sp³-hybridized carbons (Fsp3) is 0.167. The smallest absolute Gasteiger partial charge is 0.137 e. The summed E-state index contributed by atoms with van der Waals surface area (Å²) in [5, 5.41) is 13.2. The largest absolute Gasteiger partial charge is 0.486 e. The summed E-state index contributed by atoms with van der Waals surface area (Å²) in [6, 6.07) is 9.32. The molecular weight excluding hydrogens is 282 g/mol. The van der Waals surface area contributed by atoms with E-state index in [2.05, 4.69) is 27.1 Å². The summed E-state index contributed by atoms with van der Waals surface area (Å²) in [5.74, 6) is 0.571. The number of ether oxygens (including phenoxy) is 1. The van der Waals surface area contributed by atoms with Gasteiger partial charge in [0.2, 0.25) is 0 Å². The highest BCUT2D eigenvalue weighted by Gasteiger charge is 2.05. The lowest BCUT2D eigenvalue weighted by Gasteiger charge is -2.06. The molecule has 1 aromatic carbocycles. The lowest BCUT2D eigenvalue weighted by molar-refractivity contribution is 0.299. The van der Waals surface area contributed by atoms with Crippen molar-refractivity contribution in [2.24, 2.45) is 7.05 Å². The summed E-state index contributed by atoms with van der Waals surface area (Å²) >= 11 is 3.31. The molecule has 5 heteroatoms. The van der Waals surface area contributed by atoms with Gasteiger partial charge in [-0.25, -0.2) is 0 Å². The number of hydrogen-bond donors (Lipinski definition) is 0. The maximum Gasteiger partial charge on any atom is 0.137 e. The Labute approximate surface area is 108 Å². The summed E-state index contributed by atoms with van der Waals surface area (Å²) in [5.41, 5.74) is 1.34. The zero-order chi connectivity index (χ0) is 12.3. The maximum absolute atomic E-state index is 8.97. The fourth-order valence-corrected chi connectivity index (χ4v) is 1.77. The molecule has 0 aliphatic carbocycles. The van der Waals surface area contributed by atoms with Gasteiger partial charge in [0.1, 0.15) is 18.4 Å². The van der Waals surface area contributed by atoms with E-state index in [1.807, 2.05) is 25.4 Å². The van der Waals surface area contributed by atoms with Crippen LogP contribution >= 0.6 is 15.9 Å². The van der Waals surface area contributed by atoms with Crippen LogP contribution in [0.5, 0.6) is 5.75 Å². The van der Waals surface area contributed by atoms with E-state index in [9.17, 15) is 0 Å². The van der Waals surface area contributed by atoms with Gasteiger partial charge in [0.05, 0.1) is 11.3 Å². The predicted molar refractivity (Wildman–Crippen MR) is 66.4 cm³/mol. The number of nitrogens with zero attached hydrogens (tertiary/aromatic N) is 3. The average molecular weight is 292 g/mol. The van der Waals surface area contributed by atoms with E-state index in [0.717, 1.165) is 10.2 Å². The van der Waals surface area contributed by atoms with Gasteiger partial charge in [-0.3, -0.25) is 4.68 Å². The third kappa shape index (κ3) is 2.86. The van der Waals surface area contributed by atoms with Crippen LogP contribution in [-0.2, 0) is 13.7 Å². The van der Waals surface area contributed by atoms with Gasteiger partial charge in [0.15, 0.2) is 0 Å². The van der Waals surface area contributed by atoms with Crippen molar-refractivity contribution >= 4 is 15.9 Å². The van der Waals surface area contributed by atoms with Crippen LogP contribution in [0.15, 0.2) is 34.9 Å². The number of rotatable bonds is 3. The summed E-state index contributed by atoms with van der Waals surface area (Å²) in [7, 11) is 1.85. The standard InChI is InChI=1S/C12H10BrN3O/c1-16-5-4-11(15-16)8-17-12-3-2-10(13)6-9(12)7-14/h2-6H,8H2,1H3. The molecule has 0 radical (unpaired) electrons. The highest BCUT2D eigenvalue weighted by Crippen LogP contribution is 2.23. The summed E-state index contributed by atoms with van der Waals surface area (Å²) in [6.45, 7) is 0.358. The average Bonchev–Trinajstić information content (AvgIpc) is 2.73. The van der Waals surface area contributed by atoms with E-state index >= 15 is 0 Å². The Kier molecular flexibility index (Phi) is 3.45. The van der Waals surface area contributed by atoms with Crippen LogP contribution in [0.4, 0.5) is 0 Å². The second kappa shape index (κ2) is 5.02. The minimum atomic E-state index is 0.358. The summed E-state index contributed by atoms with van der Waals surface area (Å²) < 4.78 is 8.14. The SMILES string of the molecule is Cn1ccc(COc2ccc(Br)cc2C#N)n1. The van der Waals surface area contributed by atoms with Gasteiger partial charge in [0.25, 0.3) is 0 Å². The number of nitriles is 1. The van der Waals surface area contributed by atoms with Gasteiger partial charge < -0.3 is 4.74 Å². The van der Waals surface area contributed by atoms with E-state index in [-0.39, 0.29) is 0 Å². The molecule has 86 valence electrons. The first-order chi connectivity index (χ1) is 8.19. The first-order valence-electron chi connectivity index (χ1n) is 5.00. The minimum absolute atomic E-state index is 0.358. The van der Waals surface area contributed by atoms with Crippen LogP contribution in [0.2, 0.25) is 0 Å². The molecule has 2 aromatic rings. The van der Waals surface area contributed by atoms with Crippen molar-refractivity contribution in [2.45, 2.75) is 6.61 Å². The van der Waals surface area contributed by atoms with Crippen molar-refractivity contribution in [1.82, 2.24) is 9.78 Å². The quantitative estimate of drug-likeness (QED) is 0.873. The van der Waals surface area contributed by atoms with Crippen molar-refractivity contribution in [3.8, 4) is 11.8 Å². The van der Waals surface area contributed by atoms with Crippen LogP contribution in [0, 0.1) is 11.3 Å². The van der Waals surface area contributed by atoms with Gasteiger partial charge in [-0.2, -0.15) is 10.4 Å². The Hall–Kier alpha value is -1.80. The van der Waals surface area contributed by atoms with E-state index in [4.69, 9.17) is 10.00 Å². The molecule has 17 heavy (non-hydrogen) atoms. The van der Waals surface area contributed by atoms with Crippen molar-refractivity contribution in [2.75, 3.05) is 0 Å². The van der Waals surface area contributed by atoms with Crippen LogP contribution < -0.4 is 4.74 Å². The number of benzene rings is 1. The monoisotopic (exact) mass is 291 g/mol. The van der Waals surface area contributed by atoms with E-state index in [1.165, 1.54) is 0 Å². The second-order valence-corrected chi connectivity index (χ2v) is 4.44. The van der Waals surface area contributed by atoms with Crippen molar-refractivity contribution in [3.63, 3.8) is 0 Å². The third-order valence-electron chi connectivity index (χ3n) is 2.21. The Balaban J connectivity index is 2.12. The second-order valence-electron chi connectivity index (χ2n) is 3.52. The first kappa shape index (κ1) is 11.7. The molecule has 0 N–H and O–H groups in total. The zero-order valence-electron chi connectivity index (χ0n) is 9.22. The molecule has 0 unspecified atom stereocenters. The first-order valence-corrected chi connectivity index (χ1v) is 5.79. The number of hydrogen-bond acceptors (Lipinski definition) is 3. The van der Waals surface area contributed by atoms with Crippen LogP contribution in [-0.4, -0.2) is 9.78 Å². The Morgan fingerprint density at radius 3 is 2.94 bits per heavy atom. The molecule has 4 nitrogen and oxygen atoms in total. The van der Waals surface area contributed by atoms with Crippen molar-refractivity contribution < 1.29 is 4.74 Å². The molecule has 0 spiro atoms. The van der Waals surface area contributed by atoms with E-state index in [1.54, 1.807) is 16.8 Å². The van der Waals surface area contributed by atoms with Gasteiger partial charge >= 0.3 is 0 Å². The van der Waals surface area contributed by atoms with Crippen LogP contribution in [0.1, 0.15) is 11.3 Å². The van der Waals surface area contributed by atoms with Crippen LogP contribution in [0.3, 0.4) is 0 Å². The van der Waals surface area contributed by atoms with Gasteiger partial charge in [-0.1, -0.05) is 15.9 Å². The van der Waals surface area contributed by atoms with Gasteiger partial charge in [0, 0.05) is 17.7 Å². The molecule has 0 aliphatic heterocycles.